The highest BCUT2D eigenvalue weighted by atomic mass is 16.2. The van der Waals surface area contributed by atoms with Crippen LogP contribution >= 0.6 is 0 Å². The quantitative estimate of drug-likeness (QED) is 0.744. The van der Waals surface area contributed by atoms with E-state index in [4.69, 9.17) is 0 Å². The third-order valence-corrected chi connectivity index (χ3v) is 5.72. The first kappa shape index (κ1) is 19.4. The highest BCUT2D eigenvalue weighted by Crippen LogP contribution is 2.10. The van der Waals surface area contributed by atoms with Crippen LogP contribution in [0.1, 0.15) is 12.8 Å². The van der Waals surface area contributed by atoms with Gasteiger partial charge in [-0.05, 0) is 25.0 Å². The number of nitrogens with one attached hydrogen (secondary N) is 1. The molecule has 1 N–H and O–H groups in total. The van der Waals surface area contributed by atoms with Gasteiger partial charge in [0.15, 0.2) is 0 Å². The van der Waals surface area contributed by atoms with E-state index in [9.17, 15) is 19.2 Å². The van der Waals surface area contributed by atoms with Gasteiger partial charge >= 0.3 is 0 Å². The standard InChI is InChI=1S/C20H25N5O4/c26-17(23-7-3-4-8-23)13-22-9-11-24(12-10-22)18(27)14-25-20(29)16-6-2-1-5-15(16)19(28)21-25/h1-2,5-6H,3-4,7-14H2,(H,21,28). The van der Waals surface area contributed by atoms with Gasteiger partial charge in [0.05, 0.1) is 17.3 Å². The number of fused-ring (bicyclic) bond motifs is 1. The van der Waals surface area contributed by atoms with Crippen LogP contribution in [-0.2, 0) is 16.1 Å². The van der Waals surface area contributed by atoms with Crippen molar-refractivity contribution < 1.29 is 9.59 Å². The Morgan fingerprint density at radius 3 is 2.07 bits per heavy atom. The maximum atomic E-state index is 12.7. The Hall–Kier alpha value is -2.94. The number of rotatable bonds is 4. The van der Waals surface area contributed by atoms with Gasteiger partial charge in [-0.2, -0.15) is 0 Å². The number of hydrogen-bond donors (Lipinski definition) is 1. The molecule has 1 aromatic heterocycles. The number of nitrogens with zero attached hydrogens (tertiary/aromatic N) is 4. The van der Waals surface area contributed by atoms with Crippen molar-refractivity contribution in [3.05, 3.63) is 45.0 Å². The van der Waals surface area contributed by atoms with Gasteiger partial charge in [-0.1, -0.05) is 12.1 Å². The van der Waals surface area contributed by atoms with E-state index in [-0.39, 0.29) is 23.9 Å². The van der Waals surface area contributed by atoms with Crippen molar-refractivity contribution in [2.45, 2.75) is 19.4 Å². The van der Waals surface area contributed by atoms with E-state index in [1.54, 1.807) is 29.2 Å². The van der Waals surface area contributed by atoms with E-state index in [2.05, 4.69) is 10.00 Å². The molecule has 2 amide bonds. The molecule has 9 nitrogen and oxygen atoms in total. The third-order valence-electron chi connectivity index (χ3n) is 5.72. The van der Waals surface area contributed by atoms with Crippen molar-refractivity contribution in [3.63, 3.8) is 0 Å². The van der Waals surface area contributed by atoms with E-state index in [0.717, 1.165) is 30.6 Å². The lowest BCUT2D eigenvalue weighted by Crippen LogP contribution is -2.52. The van der Waals surface area contributed by atoms with Crippen LogP contribution in [-0.4, -0.2) is 82.1 Å². The fourth-order valence-electron chi connectivity index (χ4n) is 4.01. The number of hydrogen-bond acceptors (Lipinski definition) is 5. The van der Waals surface area contributed by atoms with E-state index >= 15 is 0 Å². The summed E-state index contributed by atoms with van der Waals surface area (Å²) in [4.78, 5) is 55.3. The van der Waals surface area contributed by atoms with Crippen LogP contribution < -0.4 is 11.1 Å². The van der Waals surface area contributed by atoms with Gasteiger partial charge in [-0.25, -0.2) is 4.68 Å². The third kappa shape index (κ3) is 4.09. The highest BCUT2D eigenvalue weighted by molar-refractivity contribution is 5.81. The summed E-state index contributed by atoms with van der Waals surface area (Å²) in [6, 6.07) is 6.56. The van der Waals surface area contributed by atoms with Gasteiger partial charge in [-0.15, -0.1) is 0 Å². The fourth-order valence-corrected chi connectivity index (χ4v) is 4.01. The maximum Gasteiger partial charge on any atom is 0.273 e. The molecule has 0 aliphatic carbocycles. The van der Waals surface area contributed by atoms with E-state index in [1.807, 2.05) is 4.90 Å². The van der Waals surface area contributed by atoms with Crippen LogP contribution in [0, 0.1) is 0 Å². The summed E-state index contributed by atoms with van der Waals surface area (Å²) >= 11 is 0. The molecule has 9 heteroatoms. The average Bonchev–Trinajstić information content (AvgIpc) is 3.27. The predicted molar refractivity (Wildman–Crippen MR) is 108 cm³/mol. The lowest BCUT2D eigenvalue weighted by atomic mass is 10.2. The topological polar surface area (TPSA) is 98.7 Å². The average molecular weight is 399 g/mol. The lowest BCUT2D eigenvalue weighted by molar-refractivity contribution is -0.135. The van der Waals surface area contributed by atoms with Crippen molar-refractivity contribution >= 4 is 22.6 Å². The second kappa shape index (κ2) is 8.20. The predicted octanol–water partition coefficient (Wildman–Crippen LogP) is -0.544. The molecule has 3 heterocycles. The van der Waals surface area contributed by atoms with Gasteiger partial charge < -0.3 is 9.80 Å². The Morgan fingerprint density at radius 1 is 0.793 bits per heavy atom. The number of carbonyl (C=O) groups excluding carboxylic acids is 2. The molecule has 2 aromatic rings. The largest absolute Gasteiger partial charge is 0.342 e. The molecule has 0 spiro atoms. The lowest BCUT2D eigenvalue weighted by Gasteiger charge is -2.35. The summed E-state index contributed by atoms with van der Waals surface area (Å²) in [5.74, 6) is -0.0638. The minimum Gasteiger partial charge on any atom is -0.342 e. The summed E-state index contributed by atoms with van der Waals surface area (Å²) in [5, 5.41) is 3.11. The number of aromatic nitrogens is 2. The molecule has 2 aliphatic heterocycles. The number of benzene rings is 1. The van der Waals surface area contributed by atoms with Crippen LogP contribution in [0.15, 0.2) is 33.9 Å². The maximum absolute atomic E-state index is 12.7. The van der Waals surface area contributed by atoms with Gasteiger partial charge in [0, 0.05) is 39.3 Å². The first-order valence-corrected chi connectivity index (χ1v) is 10.0. The minimum absolute atomic E-state index is 0.155. The monoisotopic (exact) mass is 399 g/mol. The molecule has 154 valence electrons. The van der Waals surface area contributed by atoms with Crippen LogP contribution in [0.5, 0.6) is 0 Å². The highest BCUT2D eigenvalue weighted by Gasteiger charge is 2.25. The fraction of sp³-hybridized carbons (Fsp3) is 0.500. The molecule has 2 saturated heterocycles. The molecular weight excluding hydrogens is 374 g/mol. The van der Waals surface area contributed by atoms with Gasteiger partial charge in [0.2, 0.25) is 11.8 Å². The smallest absolute Gasteiger partial charge is 0.273 e. The zero-order valence-electron chi connectivity index (χ0n) is 16.3. The molecule has 4 rings (SSSR count). The molecule has 0 unspecified atom stereocenters. The van der Waals surface area contributed by atoms with Crippen LogP contribution in [0.4, 0.5) is 0 Å². The van der Waals surface area contributed by atoms with Gasteiger partial charge in [-0.3, -0.25) is 29.2 Å². The summed E-state index contributed by atoms with van der Waals surface area (Å²) < 4.78 is 1.08. The Labute approximate surface area is 167 Å². The number of carbonyl (C=O) groups is 2. The second-order valence-corrected chi connectivity index (χ2v) is 7.62. The molecule has 0 radical (unpaired) electrons. The Morgan fingerprint density at radius 2 is 1.38 bits per heavy atom. The summed E-state index contributed by atoms with van der Waals surface area (Å²) in [6.45, 7) is 4.11. The SMILES string of the molecule is O=C(CN1CCN(C(=O)Cn2[nH]c(=O)c3ccccc3c2=O)CC1)N1CCCC1. The van der Waals surface area contributed by atoms with E-state index in [0.29, 0.717) is 43.5 Å². The Bertz CT molecular complexity index is 1030. The van der Waals surface area contributed by atoms with Crippen molar-refractivity contribution in [2.24, 2.45) is 0 Å². The number of piperazine rings is 1. The number of likely N-dealkylation sites (tertiary alicyclic amines) is 1. The van der Waals surface area contributed by atoms with E-state index in [1.165, 1.54) is 0 Å². The summed E-state index contributed by atoms with van der Waals surface area (Å²) in [6.07, 6.45) is 2.15. The second-order valence-electron chi connectivity index (χ2n) is 7.62. The van der Waals surface area contributed by atoms with Crippen molar-refractivity contribution in [1.29, 1.82) is 0 Å². The molecule has 1 aromatic carbocycles. The molecular formula is C20H25N5O4. The van der Waals surface area contributed by atoms with Crippen LogP contribution in [0.25, 0.3) is 10.8 Å². The molecule has 2 fully saturated rings. The molecule has 0 bridgehead atoms. The van der Waals surface area contributed by atoms with Gasteiger partial charge in [0.1, 0.15) is 6.54 Å². The number of H-pyrrole nitrogens is 1. The molecule has 0 atom stereocenters. The number of aromatic amines is 1. The van der Waals surface area contributed by atoms with Crippen molar-refractivity contribution in [3.8, 4) is 0 Å². The Balaban J connectivity index is 1.36. The normalized spacial score (nSPS) is 17.8. The molecule has 29 heavy (non-hydrogen) atoms. The van der Waals surface area contributed by atoms with Gasteiger partial charge in [0.25, 0.3) is 11.1 Å². The van der Waals surface area contributed by atoms with Crippen molar-refractivity contribution in [2.75, 3.05) is 45.8 Å². The zero-order chi connectivity index (χ0) is 20.4. The Kier molecular flexibility index (Phi) is 5.48. The van der Waals surface area contributed by atoms with E-state index < -0.39 is 5.56 Å². The molecule has 0 saturated carbocycles. The van der Waals surface area contributed by atoms with Crippen LogP contribution in [0.3, 0.4) is 0 Å². The van der Waals surface area contributed by atoms with Crippen LogP contribution in [0.2, 0.25) is 0 Å². The summed E-state index contributed by atoms with van der Waals surface area (Å²) in [7, 11) is 0. The zero-order valence-corrected chi connectivity index (χ0v) is 16.3. The minimum atomic E-state index is -0.391. The summed E-state index contributed by atoms with van der Waals surface area (Å²) in [5.41, 5.74) is -0.776. The number of amides is 2. The molecule has 2 aliphatic rings. The van der Waals surface area contributed by atoms with Crippen molar-refractivity contribution in [1.82, 2.24) is 24.5 Å². The first-order chi connectivity index (χ1) is 14.0. The first-order valence-electron chi connectivity index (χ1n) is 10.0.